The van der Waals surface area contributed by atoms with Crippen molar-refractivity contribution in [2.75, 3.05) is 24.7 Å². The lowest BCUT2D eigenvalue weighted by atomic mass is 10.1. The number of hydrogen-bond acceptors (Lipinski definition) is 6. The van der Waals surface area contributed by atoms with E-state index >= 15 is 0 Å². The highest BCUT2D eigenvalue weighted by Gasteiger charge is 2.22. The van der Waals surface area contributed by atoms with Gasteiger partial charge in [0.2, 0.25) is 0 Å². The molecule has 108 valence electrons. The van der Waals surface area contributed by atoms with Crippen LogP contribution in [0.4, 0.5) is 0 Å². The van der Waals surface area contributed by atoms with E-state index in [1.165, 1.54) is 0 Å². The van der Waals surface area contributed by atoms with Crippen molar-refractivity contribution in [2.45, 2.75) is 39.3 Å². The number of nitrogens with one attached hydrogen (secondary N) is 1. The molecule has 1 atom stereocenters. The quantitative estimate of drug-likeness (QED) is 0.623. The Hall–Kier alpha value is -0.660. The van der Waals surface area contributed by atoms with Crippen molar-refractivity contribution in [1.82, 2.24) is 5.32 Å². The first kappa shape index (κ1) is 17.3. The molecule has 0 heterocycles. The van der Waals surface area contributed by atoms with Crippen molar-refractivity contribution in [2.24, 2.45) is 0 Å². The van der Waals surface area contributed by atoms with Crippen LogP contribution in [-0.2, 0) is 19.4 Å². The Kier molecular flexibility index (Phi) is 6.80. The summed E-state index contributed by atoms with van der Waals surface area (Å²) in [5, 5.41) is 12.6. The van der Waals surface area contributed by atoms with Crippen molar-refractivity contribution >= 4 is 15.8 Å². The standard InChI is InChI=1S/C11H23NO5S/c1-5-17-10(14)8-18(15,16)7-9(13)6-12-11(2,3)4/h9,12-13H,5-8H2,1-4H3. The molecule has 0 saturated heterocycles. The molecule has 0 aromatic carbocycles. The number of ether oxygens (including phenoxy) is 1. The molecule has 0 aliphatic carbocycles. The lowest BCUT2D eigenvalue weighted by Gasteiger charge is -2.22. The Morgan fingerprint density at radius 3 is 2.39 bits per heavy atom. The number of rotatable bonds is 7. The molecule has 0 fully saturated rings. The summed E-state index contributed by atoms with van der Waals surface area (Å²) in [4.78, 5) is 11.1. The van der Waals surface area contributed by atoms with Gasteiger partial charge in [-0.2, -0.15) is 0 Å². The minimum absolute atomic E-state index is 0.141. The second-order valence-corrected chi connectivity index (χ2v) is 7.25. The summed E-state index contributed by atoms with van der Waals surface area (Å²) < 4.78 is 27.7. The molecule has 1 unspecified atom stereocenters. The van der Waals surface area contributed by atoms with Crippen LogP contribution in [0, 0.1) is 0 Å². The van der Waals surface area contributed by atoms with Crippen LogP contribution in [0.25, 0.3) is 0 Å². The number of sulfone groups is 1. The molecule has 0 bridgehead atoms. The minimum Gasteiger partial charge on any atom is -0.465 e. The van der Waals surface area contributed by atoms with Gasteiger partial charge in [0.1, 0.15) is 5.75 Å². The zero-order valence-electron chi connectivity index (χ0n) is 11.4. The SMILES string of the molecule is CCOC(=O)CS(=O)(=O)CC(O)CNC(C)(C)C. The maximum absolute atomic E-state index is 11.6. The molecular formula is C11H23NO5S. The zero-order valence-corrected chi connectivity index (χ0v) is 12.2. The van der Waals surface area contributed by atoms with Crippen molar-refractivity contribution in [3.05, 3.63) is 0 Å². The van der Waals surface area contributed by atoms with Crippen LogP contribution in [0.15, 0.2) is 0 Å². The van der Waals surface area contributed by atoms with Gasteiger partial charge < -0.3 is 15.2 Å². The van der Waals surface area contributed by atoms with Crippen LogP contribution in [0.3, 0.4) is 0 Å². The topological polar surface area (TPSA) is 92.7 Å². The van der Waals surface area contributed by atoms with E-state index in [0.29, 0.717) is 0 Å². The van der Waals surface area contributed by atoms with Crippen LogP contribution in [-0.4, -0.2) is 55.8 Å². The van der Waals surface area contributed by atoms with E-state index in [4.69, 9.17) is 0 Å². The van der Waals surface area contributed by atoms with Gasteiger partial charge in [0.15, 0.2) is 9.84 Å². The Balaban J connectivity index is 4.20. The predicted molar refractivity (Wildman–Crippen MR) is 69.0 cm³/mol. The number of aliphatic hydroxyl groups is 1. The first-order valence-corrected chi connectivity index (χ1v) is 7.67. The minimum atomic E-state index is -3.63. The van der Waals surface area contributed by atoms with Gasteiger partial charge in [-0.15, -0.1) is 0 Å². The van der Waals surface area contributed by atoms with Gasteiger partial charge in [0.25, 0.3) is 0 Å². The second kappa shape index (κ2) is 7.06. The summed E-state index contributed by atoms with van der Waals surface area (Å²) in [5.41, 5.74) is -0.202. The third-order valence-electron chi connectivity index (χ3n) is 1.96. The molecule has 0 aliphatic heterocycles. The Labute approximate surface area is 109 Å². The van der Waals surface area contributed by atoms with E-state index in [2.05, 4.69) is 10.1 Å². The molecule has 0 rings (SSSR count). The Morgan fingerprint density at radius 1 is 1.39 bits per heavy atom. The highest BCUT2D eigenvalue weighted by atomic mass is 32.2. The van der Waals surface area contributed by atoms with Gasteiger partial charge in [-0.3, -0.25) is 4.79 Å². The van der Waals surface area contributed by atoms with Crippen molar-refractivity contribution in [3.8, 4) is 0 Å². The second-order valence-electron chi connectivity index (χ2n) is 5.14. The fraction of sp³-hybridized carbons (Fsp3) is 0.909. The smallest absolute Gasteiger partial charge is 0.321 e. The molecule has 7 heteroatoms. The van der Waals surface area contributed by atoms with Gasteiger partial charge in [0.05, 0.1) is 18.5 Å². The lowest BCUT2D eigenvalue weighted by Crippen LogP contribution is -2.43. The molecule has 6 nitrogen and oxygen atoms in total. The molecule has 0 radical (unpaired) electrons. The van der Waals surface area contributed by atoms with Crippen LogP contribution < -0.4 is 5.32 Å². The molecule has 2 N–H and O–H groups in total. The number of esters is 1. The Morgan fingerprint density at radius 2 is 1.94 bits per heavy atom. The highest BCUT2D eigenvalue weighted by molar-refractivity contribution is 7.92. The number of carbonyl (C=O) groups excluding carboxylic acids is 1. The third-order valence-corrected chi connectivity index (χ3v) is 3.53. The number of carbonyl (C=O) groups is 1. The summed E-state index contributed by atoms with van der Waals surface area (Å²) in [6.45, 7) is 7.63. The van der Waals surface area contributed by atoms with E-state index in [1.807, 2.05) is 20.8 Å². The summed E-state index contributed by atoms with van der Waals surface area (Å²) >= 11 is 0. The average Bonchev–Trinajstić information content (AvgIpc) is 2.12. The van der Waals surface area contributed by atoms with Crippen LogP contribution >= 0.6 is 0 Å². The summed E-state index contributed by atoms with van der Waals surface area (Å²) in [7, 11) is -3.63. The van der Waals surface area contributed by atoms with E-state index in [1.54, 1.807) is 6.92 Å². The largest absolute Gasteiger partial charge is 0.465 e. The lowest BCUT2D eigenvalue weighted by molar-refractivity contribution is -0.139. The van der Waals surface area contributed by atoms with E-state index < -0.39 is 33.4 Å². The van der Waals surface area contributed by atoms with Crippen LogP contribution in [0.1, 0.15) is 27.7 Å². The fourth-order valence-electron chi connectivity index (χ4n) is 1.22. The molecule has 0 aliphatic rings. The summed E-state index contributed by atoms with van der Waals surface area (Å²) in [6.07, 6.45) is -1.04. The average molecular weight is 281 g/mol. The van der Waals surface area contributed by atoms with Crippen LogP contribution in [0.5, 0.6) is 0 Å². The zero-order chi connectivity index (χ0) is 14.4. The van der Waals surface area contributed by atoms with Gasteiger partial charge in [-0.05, 0) is 27.7 Å². The maximum atomic E-state index is 11.6. The predicted octanol–water partition coefficient (Wildman–Crippen LogP) is -0.287. The molecule has 0 aromatic heterocycles. The number of β-amino-alcohol motifs (C(OH)–C–C–N with tert-alkyl or cyclic N) is 1. The fourth-order valence-corrected chi connectivity index (χ4v) is 2.48. The van der Waals surface area contributed by atoms with Crippen molar-refractivity contribution < 1.29 is 23.1 Å². The molecular weight excluding hydrogens is 258 g/mol. The highest BCUT2D eigenvalue weighted by Crippen LogP contribution is 2.01. The van der Waals surface area contributed by atoms with E-state index in [-0.39, 0.29) is 18.7 Å². The normalized spacial score (nSPS) is 14.3. The van der Waals surface area contributed by atoms with Crippen molar-refractivity contribution in [3.63, 3.8) is 0 Å². The first-order valence-electron chi connectivity index (χ1n) is 5.85. The van der Waals surface area contributed by atoms with Gasteiger partial charge in [-0.25, -0.2) is 8.42 Å². The van der Waals surface area contributed by atoms with E-state index in [0.717, 1.165) is 0 Å². The molecule has 18 heavy (non-hydrogen) atoms. The molecule has 0 saturated carbocycles. The molecule has 0 spiro atoms. The summed E-state index contributed by atoms with van der Waals surface area (Å²) in [6, 6.07) is 0. The number of hydrogen-bond donors (Lipinski definition) is 2. The van der Waals surface area contributed by atoms with Gasteiger partial charge in [0, 0.05) is 12.1 Å². The monoisotopic (exact) mass is 281 g/mol. The summed E-state index contributed by atoms with van der Waals surface area (Å²) in [5.74, 6) is -1.92. The number of aliphatic hydroxyl groups excluding tert-OH is 1. The first-order chi connectivity index (χ1) is 8.06. The maximum Gasteiger partial charge on any atom is 0.321 e. The van der Waals surface area contributed by atoms with Crippen molar-refractivity contribution in [1.29, 1.82) is 0 Å². The third kappa shape index (κ3) is 9.38. The van der Waals surface area contributed by atoms with Gasteiger partial charge >= 0.3 is 5.97 Å². The van der Waals surface area contributed by atoms with Gasteiger partial charge in [-0.1, -0.05) is 0 Å². The van der Waals surface area contributed by atoms with Crippen LogP contribution in [0.2, 0.25) is 0 Å². The Bertz CT molecular complexity index is 358. The molecule has 0 amide bonds. The van der Waals surface area contributed by atoms with E-state index in [9.17, 15) is 18.3 Å². The molecule has 0 aromatic rings.